The Morgan fingerprint density at radius 3 is 2.83 bits per heavy atom. The molecule has 1 aliphatic rings. The first kappa shape index (κ1) is 8.35. The van der Waals surface area contributed by atoms with E-state index in [-0.39, 0.29) is 5.97 Å². The molecule has 12 heavy (non-hydrogen) atoms. The van der Waals surface area contributed by atoms with Crippen LogP contribution in [0.5, 0.6) is 0 Å². The van der Waals surface area contributed by atoms with Crippen LogP contribution in [-0.4, -0.2) is 5.97 Å². The van der Waals surface area contributed by atoms with Crippen LogP contribution >= 0.6 is 0 Å². The van der Waals surface area contributed by atoms with Gasteiger partial charge in [-0.15, -0.1) is 0 Å². The Labute approximate surface area is 71.2 Å². The topological polar surface area (TPSA) is 26.3 Å². The molecular formula is C10H8O2. The van der Waals surface area contributed by atoms with Crippen molar-refractivity contribution in [2.45, 2.75) is 6.92 Å². The third kappa shape index (κ3) is 2.47. The van der Waals surface area contributed by atoms with Gasteiger partial charge in [-0.3, -0.25) is 0 Å². The molecule has 0 atom stereocenters. The van der Waals surface area contributed by atoms with E-state index in [9.17, 15) is 4.79 Å². The van der Waals surface area contributed by atoms with Crippen molar-refractivity contribution in [2.75, 3.05) is 0 Å². The molecule has 0 saturated heterocycles. The van der Waals surface area contributed by atoms with Crippen LogP contribution < -0.4 is 0 Å². The molecule has 0 aromatic carbocycles. The Hall–Kier alpha value is -1.75. The van der Waals surface area contributed by atoms with E-state index >= 15 is 0 Å². The van der Waals surface area contributed by atoms with Crippen molar-refractivity contribution in [2.24, 2.45) is 0 Å². The molecular weight excluding hydrogens is 152 g/mol. The zero-order valence-corrected chi connectivity index (χ0v) is 6.70. The average molecular weight is 160 g/mol. The van der Waals surface area contributed by atoms with Crippen LogP contribution in [0.3, 0.4) is 0 Å². The minimum Gasteiger partial charge on any atom is -0.423 e. The lowest BCUT2D eigenvalue weighted by atomic mass is 10.4. The summed E-state index contributed by atoms with van der Waals surface area (Å²) in [5, 5.41) is 0. The lowest BCUT2D eigenvalue weighted by Crippen LogP contribution is -1.89. The Bertz CT molecular complexity index is 321. The normalized spacial score (nSPS) is 18.1. The largest absolute Gasteiger partial charge is 0.423 e. The molecule has 0 unspecified atom stereocenters. The van der Waals surface area contributed by atoms with Crippen LogP contribution in [0, 0.1) is 11.8 Å². The van der Waals surface area contributed by atoms with Gasteiger partial charge in [-0.25, -0.2) is 4.79 Å². The summed E-state index contributed by atoms with van der Waals surface area (Å²) < 4.78 is 4.73. The van der Waals surface area contributed by atoms with Gasteiger partial charge in [0.05, 0.1) is 0 Å². The first-order valence-electron chi connectivity index (χ1n) is 3.55. The maximum absolute atomic E-state index is 10.5. The van der Waals surface area contributed by atoms with Crippen molar-refractivity contribution in [3.05, 3.63) is 36.1 Å². The maximum atomic E-state index is 10.5. The number of hydrogen-bond acceptors (Lipinski definition) is 2. The van der Waals surface area contributed by atoms with Crippen LogP contribution in [0.2, 0.25) is 0 Å². The molecule has 0 spiro atoms. The van der Waals surface area contributed by atoms with Gasteiger partial charge in [-0.1, -0.05) is 17.9 Å². The number of carbonyl (C=O) groups is 1. The lowest BCUT2D eigenvalue weighted by Gasteiger charge is -1.89. The van der Waals surface area contributed by atoms with E-state index in [1.54, 1.807) is 18.2 Å². The van der Waals surface area contributed by atoms with Gasteiger partial charge in [0.2, 0.25) is 0 Å². The molecule has 2 nitrogen and oxygen atoms in total. The molecule has 0 fully saturated rings. The molecule has 0 aromatic rings. The highest BCUT2D eigenvalue weighted by atomic mass is 16.5. The second-order valence-electron chi connectivity index (χ2n) is 2.09. The molecule has 1 rings (SSSR count). The predicted octanol–water partition coefficient (Wildman–Crippen LogP) is 1.56. The monoisotopic (exact) mass is 160 g/mol. The zero-order chi connectivity index (χ0) is 8.81. The summed E-state index contributed by atoms with van der Waals surface area (Å²) in [5.41, 5.74) is 0. The van der Waals surface area contributed by atoms with E-state index in [0.717, 1.165) is 0 Å². The summed E-state index contributed by atoms with van der Waals surface area (Å²) >= 11 is 0. The number of ether oxygens (including phenoxy) is 1. The van der Waals surface area contributed by atoms with Gasteiger partial charge >= 0.3 is 5.97 Å². The number of hydrogen-bond donors (Lipinski definition) is 0. The molecule has 0 bridgehead atoms. The van der Waals surface area contributed by atoms with Crippen molar-refractivity contribution in [3.63, 3.8) is 0 Å². The molecule has 1 aliphatic heterocycles. The molecule has 2 heteroatoms. The Morgan fingerprint density at radius 2 is 2.25 bits per heavy atom. The maximum Gasteiger partial charge on any atom is 0.336 e. The van der Waals surface area contributed by atoms with E-state index in [1.165, 1.54) is 6.08 Å². The highest BCUT2D eigenvalue weighted by Gasteiger charge is 2.07. The molecule has 0 N–H and O–H groups in total. The molecule has 60 valence electrons. The summed E-state index contributed by atoms with van der Waals surface area (Å²) in [6.07, 6.45) is 8.07. The number of esters is 1. The Kier molecular flexibility index (Phi) is 2.92. The Morgan fingerprint density at radius 1 is 1.42 bits per heavy atom. The van der Waals surface area contributed by atoms with Gasteiger partial charge in [0.25, 0.3) is 0 Å². The number of carbonyl (C=O) groups excluding carboxylic acids is 1. The van der Waals surface area contributed by atoms with Crippen LogP contribution in [0.4, 0.5) is 0 Å². The van der Waals surface area contributed by atoms with Gasteiger partial charge < -0.3 is 4.74 Å². The molecule has 0 radical (unpaired) electrons. The molecule has 0 aromatic heterocycles. The summed E-state index contributed by atoms with van der Waals surface area (Å²) in [7, 11) is 0. The second kappa shape index (κ2) is 4.20. The molecule has 0 saturated carbocycles. The number of allylic oxidation sites excluding steroid dienone is 4. The number of rotatable bonds is 0. The van der Waals surface area contributed by atoms with Gasteiger partial charge in [0, 0.05) is 12.2 Å². The van der Waals surface area contributed by atoms with Gasteiger partial charge in [0.1, 0.15) is 5.76 Å². The fraction of sp³-hybridized carbons (Fsp3) is 0.100. The Balaban J connectivity index is 2.56. The fourth-order valence-corrected chi connectivity index (χ4v) is 0.656. The van der Waals surface area contributed by atoms with Gasteiger partial charge in [0.15, 0.2) is 0 Å². The smallest absolute Gasteiger partial charge is 0.336 e. The van der Waals surface area contributed by atoms with E-state index in [0.29, 0.717) is 5.76 Å². The summed E-state index contributed by atoms with van der Waals surface area (Å²) in [4.78, 5) is 10.5. The predicted molar refractivity (Wildman–Crippen MR) is 45.9 cm³/mol. The summed E-state index contributed by atoms with van der Waals surface area (Å²) in [5.74, 6) is 5.62. The van der Waals surface area contributed by atoms with Crippen molar-refractivity contribution in [1.82, 2.24) is 0 Å². The van der Waals surface area contributed by atoms with Crippen molar-refractivity contribution in [1.29, 1.82) is 0 Å². The highest BCUT2D eigenvalue weighted by Crippen LogP contribution is 2.07. The van der Waals surface area contributed by atoms with E-state index in [4.69, 9.17) is 4.74 Å². The molecule has 1 heterocycles. The average Bonchev–Trinajstić information content (AvgIpc) is 2.45. The fourth-order valence-electron chi connectivity index (χ4n) is 0.656. The molecule has 0 aliphatic carbocycles. The SMILES string of the molecule is C/C=C\C#C/C=C1\C=CC(=O)O1. The second-order valence-corrected chi connectivity index (χ2v) is 2.09. The first-order chi connectivity index (χ1) is 5.83. The summed E-state index contributed by atoms with van der Waals surface area (Å²) in [6.45, 7) is 1.89. The van der Waals surface area contributed by atoms with Crippen LogP contribution in [0.25, 0.3) is 0 Å². The van der Waals surface area contributed by atoms with E-state index in [1.807, 2.05) is 13.0 Å². The van der Waals surface area contributed by atoms with E-state index in [2.05, 4.69) is 11.8 Å². The van der Waals surface area contributed by atoms with Crippen molar-refractivity contribution < 1.29 is 9.53 Å². The van der Waals surface area contributed by atoms with Crippen molar-refractivity contribution >= 4 is 5.97 Å². The quantitative estimate of drug-likeness (QED) is 0.397. The standard InChI is InChI=1S/C10H8O2/c1-2-3-4-5-6-9-7-8-10(11)12-9/h2-3,6-8H,1H3/b3-2-,9-6+. The van der Waals surface area contributed by atoms with Crippen LogP contribution in [0.1, 0.15) is 6.92 Å². The first-order valence-corrected chi connectivity index (χ1v) is 3.55. The minimum atomic E-state index is -0.339. The highest BCUT2D eigenvalue weighted by molar-refractivity contribution is 5.86. The summed E-state index contributed by atoms with van der Waals surface area (Å²) in [6, 6.07) is 0. The van der Waals surface area contributed by atoms with Gasteiger partial charge in [-0.2, -0.15) is 0 Å². The van der Waals surface area contributed by atoms with Crippen LogP contribution in [0.15, 0.2) is 36.1 Å². The van der Waals surface area contributed by atoms with Crippen molar-refractivity contribution in [3.8, 4) is 11.8 Å². The zero-order valence-electron chi connectivity index (χ0n) is 6.70. The third-order valence-electron chi connectivity index (χ3n) is 1.15. The molecule has 0 amide bonds. The number of cyclic esters (lactones) is 1. The third-order valence-corrected chi connectivity index (χ3v) is 1.15. The van der Waals surface area contributed by atoms with E-state index < -0.39 is 0 Å². The van der Waals surface area contributed by atoms with Gasteiger partial charge in [-0.05, 0) is 19.1 Å². The minimum absolute atomic E-state index is 0.339. The lowest BCUT2D eigenvalue weighted by molar-refractivity contribution is -0.132. The van der Waals surface area contributed by atoms with Crippen LogP contribution in [-0.2, 0) is 9.53 Å².